The number of amides is 2. The number of carbonyl (C=O) groups excluding carboxylic acids is 2. The molecule has 0 saturated carbocycles. The van der Waals surface area contributed by atoms with Gasteiger partial charge in [0.05, 0.1) is 31.0 Å². The number of hydrogen-bond acceptors (Lipinski definition) is 7. The maximum atomic E-state index is 12.4. The molecule has 0 unspecified atom stereocenters. The summed E-state index contributed by atoms with van der Waals surface area (Å²) >= 11 is 0. The molecular formula is C25H28N4O6S. The predicted molar refractivity (Wildman–Crippen MR) is 136 cm³/mol. The fourth-order valence-electron chi connectivity index (χ4n) is 3.18. The second-order valence-electron chi connectivity index (χ2n) is 8.00. The minimum atomic E-state index is -3.69. The molecule has 0 saturated heterocycles. The Hall–Kier alpha value is -4.12. The molecule has 2 amide bonds. The SMILES string of the molecule is Cc1cccc(N(CC(=O)N/N=C\c2ccc(OCC(=O)NCc3ccco3)cc2)S(C)(=O)=O)c1C. The number of rotatable bonds is 11. The summed E-state index contributed by atoms with van der Waals surface area (Å²) in [6.07, 6.45) is 4.00. The minimum absolute atomic E-state index is 0.151. The average molecular weight is 513 g/mol. The Labute approximate surface area is 210 Å². The first-order valence-corrected chi connectivity index (χ1v) is 12.9. The maximum absolute atomic E-state index is 12.4. The van der Waals surface area contributed by atoms with Crippen LogP contribution in [0.1, 0.15) is 22.5 Å². The second-order valence-corrected chi connectivity index (χ2v) is 9.90. The number of hydrazone groups is 1. The van der Waals surface area contributed by atoms with Crippen LogP contribution in [0.25, 0.3) is 0 Å². The van der Waals surface area contributed by atoms with Crippen molar-refractivity contribution >= 4 is 33.7 Å². The molecule has 36 heavy (non-hydrogen) atoms. The first kappa shape index (κ1) is 26.5. The predicted octanol–water partition coefficient (Wildman–Crippen LogP) is 2.51. The van der Waals surface area contributed by atoms with Crippen LogP contribution < -0.4 is 19.8 Å². The van der Waals surface area contributed by atoms with E-state index in [0.29, 0.717) is 22.8 Å². The Bertz CT molecular complexity index is 1320. The van der Waals surface area contributed by atoms with Crippen molar-refractivity contribution in [1.29, 1.82) is 0 Å². The first-order chi connectivity index (χ1) is 17.1. The third-order valence-electron chi connectivity index (χ3n) is 5.23. The minimum Gasteiger partial charge on any atom is -0.484 e. The Morgan fingerprint density at radius 2 is 1.81 bits per heavy atom. The molecule has 0 radical (unpaired) electrons. The normalized spacial score (nSPS) is 11.3. The summed E-state index contributed by atoms with van der Waals surface area (Å²) in [6.45, 7) is 3.40. The number of benzene rings is 2. The third kappa shape index (κ3) is 7.70. The van der Waals surface area contributed by atoms with Crippen molar-refractivity contribution in [2.24, 2.45) is 5.10 Å². The lowest BCUT2D eigenvalue weighted by Gasteiger charge is -2.23. The molecule has 0 bridgehead atoms. The van der Waals surface area contributed by atoms with Crippen molar-refractivity contribution in [1.82, 2.24) is 10.7 Å². The number of nitrogens with zero attached hydrogens (tertiary/aromatic N) is 2. The molecule has 1 heterocycles. The number of anilines is 1. The monoisotopic (exact) mass is 512 g/mol. The Kier molecular flexibility index (Phi) is 8.85. The topological polar surface area (TPSA) is 130 Å². The molecule has 0 spiro atoms. The molecule has 190 valence electrons. The Morgan fingerprint density at radius 3 is 2.47 bits per heavy atom. The van der Waals surface area contributed by atoms with Crippen LogP contribution in [0, 0.1) is 13.8 Å². The van der Waals surface area contributed by atoms with Gasteiger partial charge >= 0.3 is 0 Å². The van der Waals surface area contributed by atoms with Gasteiger partial charge in [-0.3, -0.25) is 13.9 Å². The van der Waals surface area contributed by atoms with E-state index in [0.717, 1.165) is 21.7 Å². The van der Waals surface area contributed by atoms with E-state index in [1.54, 1.807) is 55.5 Å². The summed E-state index contributed by atoms with van der Waals surface area (Å²) in [4.78, 5) is 24.3. The van der Waals surface area contributed by atoms with E-state index in [1.165, 1.54) is 12.5 Å². The Morgan fingerprint density at radius 1 is 1.06 bits per heavy atom. The van der Waals surface area contributed by atoms with Crippen molar-refractivity contribution in [3.05, 3.63) is 83.3 Å². The molecule has 10 nitrogen and oxygen atoms in total. The number of hydrogen-bond donors (Lipinski definition) is 2. The number of nitrogens with one attached hydrogen (secondary N) is 2. The summed E-state index contributed by atoms with van der Waals surface area (Å²) in [6, 6.07) is 15.5. The van der Waals surface area contributed by atoms with Gasteiger partial charge in [-0.1, -0.05) is 12.1 Å². The van der Waals surface area contributed by atoms with Crippen LogP contribution in [0.15, 0.2) is 70.4 Å². The fraction of sp³-hybridized carbons (Fsp3) is 0.240. The molecule has 0 aliphatic carbocycles. The van der Waals surface area contributed by atoms with Gasteiger partial charge in [-0.15, -0.1) is 0 Å². The zero-order chi connectivity index (χ0) is 26.1. The van der Waals surface area contributed by atoms with E-state index in [9.17, 15) is 18.0 Å². The van der Waals surface area contributed by atoms with E-state index in [2.05, 4.69) is 15.8 Å². The highest BCUT2D eigenvalue weighted by atomic mass is 32.2. The van der Waals surface area contributed by atoms with Crippen LogP contribution in [-0.4, -0.2) is 45.9 Å². The van der Waals surface area contributed by atoms with Crippen LogP contribution in [0.2, 0.25) is 0 Å². The van der Waals surface area contributed by atoms with Gasteiger partial charge < -0.3 is 14.5 Å². The molecule has 0 aliphatic heterocycles. The standard InChI is InChI=1S/C25H28N4O6S/c1-18-6-4-8-23(19(18)2)29(36(3,32)33)16-24(30)28-27-14-20-9-11-21(12-10-20)35-17-25(31)26-15-22-7-5-13-34-22/h4-14H,15-17H2,1-3H3,(H,26,31)(H,28,30)/b27-14-. The summed E-state index contributed by atoms with van der Waals surface area (Å²) in [5, 5.41) is 6.59. The van der Waals surface area contributed by atoms with Crippen molar-refractivity contribution in [3.63, 3.8) is 0 Å². The van der Waals surface area contributed by atoms with Crippen LogP contribution in [-0.2, 0) is 26.2 Å². The molecule has 2 N–H and O–H groups in total. The van der Waals surface area contributed by atoms with Crippen LogP contribution in [0.4, 0.5) is 5.69 Å². The van der Waals surface area contributed by atoms with Gasteiger partial charge in [0.2, 0.25) is 10.0 Å². The summed E-state index contributed by atoms with van der Waals surface area (Å²) in [5.74, 6) is 0.261. The van der Waals surface area contributed by atoms with Crippen molar-refractivity contribution in [2.75, 3.05) is 23.7 Å². The van der Waals surface area contributed by atoms with Gasteiger partial charge in [-0.2, -0.15) is 5.10 Å². The zero-order valence-corrected chi connectivity index (χ0v) is 21.0. The number of aryl methyl sites for hydroxylation is 1. The molecule has 0 aliphatic rings. The van der Waals surface area contributed by atoms with E-state index < -0.39 is 22.5 Å². The molecule has 3 aromatic rings. The largest absolute Gasteiger partial charge is 0.484 e. The molecular weight excluding hydrogens is 484 g/mol. The van der Waals surface area contributed by atoms with Crippen molar-refractivity contribution < 1.29 is 27.2 Å². The van der Waals surface area contributed by atoms with Crippen molar-refractivity contribution in [3.8, 4) is 5.75 Å². The van der Waals surface area contributed by atoms with Crippen LogP contribution >= 0.6 is 0 Å². The van der Waals surface area contributed by atoms with E-state index in [1.807, 2.05) is 13.0 Å². The van der Waals surface area contributed by atoms with Gasteiger partial charge in [0.1, 0.15) is 18.1 Å². The highest BCUT2D eigenvalue weighted by Gasteiger charge is 2.22. The van der Waals surface area contributed by atoms with Gasteiger partial charge in [0.25, 0.3) is 11.8 Å². The number of furan rings is 1. The number of sulfonamides is 1. The summed E-state index contributed by atoms with van der Waals surface area (Å²) in [7, 11) is -3.69. The second kappa shape index (κ2) is 12.0. The summed E-state index contributed by atoms with van der Waals surface area (Å²) in [5.41, 5.74) is 5.16. The molecule has 2 aromatic carbocycles. The lowest BCUT2D eigenvalue weighted by atomic mass is 10.1. The first-order valence-electron chi connectivity index (χ1n) is 11.0. The van der Waals surface area contributed by atoms with Gasteiger partial charge in [0.15, 0.2) is 6.61 Å². The Balaban J connectivity index is 1.49. The lowest BCUT2D eigenvalue weighted by molar-refractivity contribution is -0.123. The molecule has 0 atom stereocenters. The van der Waals surface area contributed by atoms with Gasteiger partial charge in [-0.25, -0.2) is 13.8 Å². The summed E-state index contributed by atoms with van der Waals surface area (Å²) < 4.78 is 36.3. The van der Waals surface area contributed by atoms with Crippen LogP contribution in [0.5, 0.6) is 5.75 Å². The van der Waals surface area contributed by atoms with E-state index in [4.69, 9.17) is 9.15 Å². The highest BCUT2D eigenvalue weighted by Crippen LogP contribution is 2.24. The highest BCUT2D eigenvalue weighted by molar-refractivity contribution is 7.92. The smallest absolute Gasteiger partial charge is 0.260 e. The van der Waals surface area contributed by atoms with Gasteiger partial charge in [0, 0.05) is 0 Å². The third-order valence-corrected chi connectivity index (χ3v) is 6.35. The number of ether oxygens (including phenoxy) is 1. The van der Waals surface area contributed by atoms with E-state index in [-0.39, 0.29) is 19.1 Å². The van der Waals surface area contributed by atoms with E-state index >= 15 is 0 Å². The van der Waals surface area contributed by atoms with Gasteiger partial charge in [-0.05, 0) is 73.0 Å². The maximum Gasteiger partial charge on any atom is 0.260 e. The fourth-order valence-corrected chi connectivity index (χ4v) is 4.09. The van der Waals surface area contributed by atoms with Crippen molar-refractivity contribution in [2.45, 2.75) is 20.4 Å². The zero-order valence-electron chi connectivity index (χ0n) is 20.2. The number of carbonyl (C=O) groups is 2. The molecule has 0 fully saturated rings. The molecule has 1 aromatic heterocycles. The molecule has 11 heteroatoms. The quantitative estimate of drug-likeness (QED) is 0.300. The lowest BCUT2D eigenvalue weighted by Crippen LogP contribution is -2.39. The average Bonchev–Trinajstić information content (AvgIpc) is 3.36. The molecule has 3 rings (SSSR count). The van der Waals surface area contributed by atoms with Crippen LogP contribution in [0.3, 0.4) is 0 Å².